The molecule has 3 aromatic carbocycles. The van der Waals surface area contributed by atoms with Crippen molar-refractivity contribution in [1.29, 1.82) is 0 Å². The van der Waals surface area contributed by atoms with Gasteiger partial charge in [-0.05, 0) is 46.5 Å². The molecule has 3 aromatic rings. The summed E-state index contributed by atoms with van der Waals surface area (Å²) in [7, 11) is 0. The lowest BCUT2D eigenvalue weighted by atomic mass is 9.96. The average molecular weight is 372 g/mol. The number of carbonyl (C=O) groups excluding carboxylic acids is 1. The van der Waals surface area contributed by atoms with Gasteiger partial charge in [-0.15, -0.1) is 0 Å². The average Bonchev–Trinajstić information content (AvgIpc) is 2.71. The molecule has 0 atom stereocenters. The molecule has 3 nitrogen and oxygen atoms in total. The van der Waals surface area contributed by atoms with Crippen molar-refractivity contribution < 1.29 is 19.1 Å². The van der Waals surface area contributed by atoms with Gasteiger partial charge < -0.3 is 5.11 Å². The molecule has 0 aliphatic heterocycles. The first-order chi connectivity index (χ1) is 13.5. The second kappa shape index (κ2) is 8.73. The molecular weight excluding hydrogens is 355 g/mol. The van der Waals surface area contributed by atoms with Crippen LogP contribution in [0.4, 0.5) is 4.39 Å². The predicted octanol–water partition coefficient (Wildman–Crippen LogP) is 5.49. The molecule has 0 aliphatic carbocycles. The van der Waals surface area contributed by atoms with E-state index in [1.54, 1.807) is 60.7 Å². The van der Waals surface area contributed by atoms with Crippen molar-refractivity contribution in [2.75, 3.05) is 0 Å². The summed E-state index contributed by atoms with van der Waals surface area (Å²) in [5.41, 5.74) is 3.37. The van der Waals surface area contributed by atoms with Crippen LogP contribution in [0, 0.1) is 5.82 Å². The van der Waals surface area contributed by atoms with Gasteiger partial charge in [0.25, 0.3) is 0 Å². The van der Waals surface area contributed by atoms with E-state index in [9.17, 15) is 14.0 Å². The smallest absolute Gasteiger partial charge is 0.328 e. The van der Waals surface area contributed by atoms with Gasteiger partial charge >= 0.3 is 5.97 Å². The van der Waals surface area contributed by atoms with Gasteiger partial charge in [0.05, 0.1) is 0 Å². The maximum Gasteiger partial charge on any atom is 0.328 e. The first-order valence-corrected chi connectivity index (χ1v) is 8.61. The van der Waals surface area contributed by atoms with E-state index in [4.69, 9.17) is 5.11 Å². The third-order valence-electron chi connectivity index (χ3n) is 4.11. The summed E-state index contributed by atoms with van der Waals surface area (Å²) in [6.07, 6.45) is 5.73. The molecule has 0 radical (unpaired) electrons. The summed E-state index contributed by atoms with van der Waals surface area (Å²) < 4.78 is 13.6. The van der Waals surface area contributed by atoms with Gasteiger partial charge in [0.1, 0.15) is 5.82 Å². The number of hydrogen-bond donors (Lipinski definition) is 1. The number of allylic oxidation sites excluding steroid dienone is 1. The fourth-order valence-corrected chi connectivity index (χ4v) is 2.75. The second-order valence-corrected chi connectivity index (χ2v) is 6.09. The van der Waals surface area contributed by atoms with Crippen LogP contribution in [0.1, 0.15) is 21.5 Å². The fraction of sp³-hybridized carbons (Fsp3) is 0. The Kier molecular flexibility index (Phi) is 5.92. The molecule has 0 aromatic heterocycles. The molecule has 0 bridgehead atoms. The Hall–Kier alpha value is -3.79. The number of rotatable bonds is 6. The van der Waals surface area contributed by atoms with Crippen molar-refractivity contribution in [3.05, 3.63) is 107 Å². The zero-order valence-electron chi connectivity index (χ0n) is 14.9. The highest BCUT2D eigenvalue weighted by Crippen LogP contribution is 2.25. The molecule has 0 fully saturated rings. The van der Waals surface area contributed by atoms with E-state index in [2.05, 4.69) is 0 Å². The number of carbonyl (C=O) groups is 2. The van der Waals surface area contributed by atoms with Crippen LogP contribution in [0.2, 0.25) is 0 Å². The monoisotopic (exact) mass is 372 g/mol. The van der Waals surface area contributed by atoms with Crippen LogP contribution in [-0.4, -0.2) is 16.9 Å². The highest BCUT2D eigenvalue weighted by Gasteiger charge is 2.10. The lowest BCUT2D eigenvalue weighted by molar-refractivity contribution is -0.131. The Morgan fingerprint density at radius 1 is 0.786 bits per heavy atom. The lowest BCUT2D eigenvalue weighted by Crippen LogP contribution is -1.98. The molecule has 0 unspecified atom stereocenters. The molecule has 0 aliphatic rings. The molecule has 0 saturated carbocycles. The molecular formula is C24H17FO3. The summed E-state index contributed by atoms with van der Waals surface area (Å²) in [5, 5.41) is 8.65. The van der Waals surface area contributed by atoms with Crippen molar-refractivity contribution in [3.8, 4) is 11.1 Å². The molecule has 4 heteroatoms. The maximum absolute atomic E-state index is 13.6. The van der Waals surface area contributed by atoms with Crippen LogP contribution in [0.3, 0.4) is 0 Å². The van der Waals surface area contributed by atoms with Crippen LogP contribution in [0.25, 0.3) is 23.3 Å². The Morgan fingerprint density at radius 2 is 1.43 bits per heavy atom. The van der Waals surface area contributed by atoms with Gasteiger partial charge in [0.2, 0.25) is 0 Å². The molecule has 28 heavy (non-hydrogen) atoms. The molecule has 0 saturated heterocycles. The number of halogens is 1. The Labute approximate surface area is 162 Å². The lowest BCUT2D eigenvalue weighted by Gasteiger charge is -2.07. The van der Waals surface area contributed by atoms with E-state index < -0.39 is 5.97 Å². The van der Waals surface area contributed by atoms with E-state index >= 15 is 0 Å². The summed E-state index contributed by atoms with van der Waals surface area (Å²) in [4.78, 5) is 23.2. The van der Waals surface area contributed by atoms with Gasteiger partial charge in [-0.3, -0.25) is 4.79 Å². The van der Waals surface area contributed by atoms with Gasteiger partial charge in [-0.1, -0.05) is 66.7 Å². The van der Waals surface area contributed by atoms with Crippen LogP contribution in [0.15, 0.2) is 84.9 Å². The van der Waals surface area contributed by atoms with Gasteiger partial charge in [-0.2, -0.15) is 0 Å². The number of benzene rings is 3. The van der Waals surface area contributed by atoms with Gasteiger partial charge in [-0.25, -0.2) is 9.18 Å². The number of carboxylic acids is 1. The molecule has 3 rings (SSSR count). The number of aliphatic carboxylic acids is 1. The van der Waals surface area contributed by atoms with E-state index in [0.717, 1.165) is 17.2 Å². The van der Waals surface area contributed by atoms with Gasteiger partial charge in [0, 0.05) is 11.6 Å². The van der Waals surface area contributed by atoms with Crippen molar-refractivity contribution >= 4 is 23.9 Å². The van der Waals surface area contributed by atoms with Crippen LogP contribution >= 0.6 is 0 Å². The minimum Gasteiger partial charge on any atom is -0.478 e. The number of carboxylic acid groups (broad SMARTS) is 1. The van der Waals surface area contributed by atoms with Gasteiger partial charge in [0.15, 0.2) is 5.78 Å². The highest BCUT2D eigenvalue weighted by atomic mass is 19.1. The summed E-state index contributed by atoms with van der Waals surface area (Å²) in [6, 6.07) is 20.4. The number of ketones is 1. The van der Waals surface area contributed by atoms with Crippen LogP contribution < -0.4 is 0 Å². The summed E-state index contributed by atoms with van der Waals surface area (Å²) in [5.74, 6) is -1.55. The zero-order valence-corrected chi connectivity index (χ0v) is 14.9. The van der Waals surface area contributed by atoms with E-state index in [0.29, 0.717) is 16.7 Å². The van der Waals surface area contributed by atoms with Crippen molar-refractivity contribution in [2.45, 2.75) is 0 Å². The summed E-state index contributed by atoms with van der Waals surface area (Å²) in [6.45, 7) is 0. The number of hydrogen-bond acceptors (Lipinski definition) is 2. The van der Waals surface area contributed by atoms with E-state index in [-0.39, 0.29) is 11.6 Å². The second-order valence-electron chi connectivity index (χ2n) is 6.09. The van der Waals surface area contributed by atoms with Crippen molar-refractivity contribution in [3.63, 3.8) is 0 Å². The van der Waals surface area contributed by atoms with E-state index in [1.165, 1.54) is 24.3 Å². The first kappa shape index (κ1) is 19.0. The Bertz CT molecular complexity index is 1060. The fourth-order valence-electron chi connectivity index (χ4n) is 2.75. The normalized spacial score (nSPS) is 11.2. The Morgan fingerprint density at radius 3 is 2.07 bits per heavy atom. The van der Waals surface area contributed by atoms with Crippen LogP contribution in [0.5, 0.6) is 0 Å². The predicted molar refractivity (Wildman–Crippen MR) is 108 cm³/mol. The molecule has 1 N–H and O–H groups in total. The minimum atomic E-state index is -1.01. The summed E-state index contributed by atoms with van der Waals surface area (Å²) >= 11 is 0. The third kappa shape index (κ3) is 4.89. The van der Waals surface area contributed by atoms with E-state index in [1.807, 2.05) is 6.07 Å². The molecule has 138 valence electrons. The minimum absolute atomic E-state index is 0.185. The van der Waals surface area contributed by atoms with Crippen molar-refractivity contribution in [1.82, 2.24) is 0 Å². The molecule has 0 heterocycles. The Balaban J connectivity index is 1.81. The SMILES string of the molecule is O=C(O)/C=C/c1ccc(/C=C/C(=O)c2ccccc2-c2cccc(F)c2)cc1. The highest BCUT2D eigenvalue weighted by molar-refractivity contribution is 6.10. The molecule has 0 amide bonds. The zero-order chi connectivity index (χ0) is 19.9. The quantitative estimate of drug-likeness (QED) is 0.460. The standard InChI is InChI=1S/C24H17FO3/c25-20-5-3-4-19(16-20)21-6-1-2-7-22(21)23(26)14-12-17-8-10-18(11-9-17)13-15-24(27)28/h1-16H,(H,27,28)/b14-12+,15-13+. The maximum atomic E-state index is 13.6. The first-order valence-electron chi connectivity index (χ1n) is 8.61. The molecule has 0 spiro atoms. The largest absolute Gasteiger partial charge is 0.478 e. The van der Waals surface area contributed by atoms with Crippen LogP contribution in [-0.2, 0) is 4.79 Å². The third-order valence-corrected chi connectivity index (χ3v) is 4.11. The topological polar surface area (TPSA) is 54.4 Å². The van der Waals surface area contributed by atoms with Crippen molar-refractivity contribution in [2.24, 2.45) is 0 Å².